The number of esters is 1. The van der Waals surface area contributed by atoms with Gasteiger partial charge < -0.3 is 19.0 Å². The van der Waals surface area contributed by atoms with Crippen LogP contribution in [0.25, 0.3) is 0 Å². The van der Waals surface area contributed by atoms with Gasteiger partial charge in [0.15, 0.2) is 0 Å². The average Bonchev–Trinajstić information content (AvgIpc) is 3.46. The predicted molar refractivity (Wildman–Crippen MR) is 200 cm³/mol. The zero-order valence-electron chi connectivity index (χ0n) is 31.5. The molecule has 6 heteroatoms. The van der Waals surface area contributed by atoms with Gasteiger partial charge in [-0.3, -0.25) is 4.79 Å². The average molecular weight is 689 g/mol. The standard InChI is InChI=1S/C43H64O5Si/c1-30(18-21-39(45)46-7)35-19-20-36-40-37(23-25-43(35,36)6)42(5)24-22-32(28-31(42)29-38(40)47-27-26-44)48-49(41(2,3)4,33-14-10-8-11-15-33)34-16-12-9-13-17-34/h8-17,30-32,35-38,40,44H,18-29H2,1-7H3/t30-,31?,32?,35?,36?,37?,38?,40?,42?,43?/m1/s1. The molecular weight excluding hydrogens is 625 g/mol. The number of carbonyl (C=O) groups is 1. The summed E-state index contributed by atoms with van der Waals surface area (Å²) >= 11 is 0. The van der Waals surface area contributed by atoms with Gasteiger partial charge in [-0.05, 0) is 120 Å². The summed E-state index contributed by atoms with van der Waals surface area (Å²) in [6.45, 7) is 15.2. The first-order chi connectivity index (χ1) is 23.4. The zero-order chi connectivity index (χ0) is 35.0. The number of methoxy groups -OCH3 is 1. The van der Waals surface area contributed by atoms with E-state index in [0.29, 0.717) is 48.5 Å². The molecule has 1 N–H and O–H groups in total. The normalized spacial score (nSPS) is 35.1. The maximum absolute atomic E-state index is 12.0. The third-order valence-corrected chi connectivity index (χ3v) is 19.7. The lowest BCUT2D eigenvalue weighted by atomic mass is 9.43. The van der Waals surface area contributed by atoms with E-state index >= 15 is 0 Å². The lowest BCUT2D eigenvalue weighted by Crippen LogP contribution is -2.68. The van der Waals surface area contributed by atoms with E-state index in [4.69, 9.17) is 13.9 Å². The molecule has 4 saturated carbocycles. The second-order valence-corrected chi connectivity index (χ2v) is 22.1. The van der Waals surface area contributed by atoms with Crippen molar-refractivity contribution in [3.63, 3.8) is 0 Å². The highest BCUT2D eigenvalue weighted by Gasteiger charge is 2.64. The van der Waals surface area contributed by atoms with Crippen LogP contribution in [0.1, 0.15) is 106 Å². The molecule has 2 aromatic carbocycles. The molecule has 0 aromatic heterocycles. The SMILES string of the molecule is COC(=O)CC[C@@H](C)C1CCC2C3C(OCCO)CC4CC(O[Si](c5ccccc5)(c5ccccc5)C(C)(C)C)CCC4(C)C3CCC21C. The van der Waals surface area contributed by atoms with Crippen LogP contribution in [0.4, 0.5) is 0 Å². The fourth-order valence-corrected chi connectivity index (χ4v) is 16.9. The fourth-order valence-electron chi connectivity index (χ4n) is 12.2. The van der Waals surface area contributed by atoms with Gasteiger partial charge in [0.25, 0.3) is 8.32 Å². The molecule has 0 amide bonds. The molecule has 6 rings (SSSR count). The van der Waals surface area contributed by atoms with Crippen molar-refractivity contribution in [1.29, 1.82) is 0 Å². The Labute approximate surface area is 298 Å². The Hall–Kier alpha value is -1.99. The number of hydrogen-bond acceptors (Lipinski definition) is 5. The Morgan fingerprint density at radius 3 is 2.10 bits per heavy atom. The van der Waals surface area contributed by atoms with Crippen molar-refractivity contribution >= 4 is 24.7 Å². The zero-order valence-corrected chi connectivity index (χ0v) is 32.5. The quantitative estimate of drug-likeness (QED) is 0.191. The van der Waals surface area contributed by atoms with Gasteiger partial charge in [0.2, 0.25) is 0 Å². The fraction of sp³-hybridized carbons (Fsp3) is 0.698. The van der Waals surface area contributed by atoms with Gasteiger partial charge in [-0.25, -0.2) is 0 Å². The highest BCUT2D eigenvalue weighted by atomic mass is 28.4. The van der Waals surface area contributed by atoms with E-state index in [1.807, 2.05) is 0 Å². The number of hydrogen-bond donors (Lipinski definition) is 1. The molecule has 0 bridgehead atoms. The minimum absolute atomic E-state index is 0.0400. The number of fused-ring (bicyclic) bond motifs is 5. The van der Waals surface area contributed by atoms with Crippen molar-refractivity contribution in [2.75, 3.05) is 20.3 Å². The van der Waals surface area contributed by atoms with Crippen LogP contribution in [0.5, 0.6) is 0 Å². The van der Waals surface area contributed by atoms with Gasteiger partial charge in [-0.15, -0.1) is 0 Å². The predicted octanol–water partition coefficient (Wildman–Crippen LogP) is 8.17. The van der Waals surface area contributed by atoms with Crippen LogP contribution in [-0.2, 0) is 18.7 Å². The summed E-state index contributed by atoms with van der Waals surface area (Å²) in [4.78, 5) is 12.0. The molecule has 0 spiro atoms. The molecule has 9 unspecified atom stereocenters. The summed E-state index contributed by atoms with van der Waals surface area (Å²) in [5.41, 5.74) is 0.537. The molecule has 5 nitrogen and oxygen atoms in total. The third kappa shape index (κ3) is 6.62. The third-order valence-electron chi connectivity index (χ3n) is 14.6. The Balaban J connectivity index is 1.27. The van der Waals surface area contributed by atoms with Crippen LogP contribution in [0.3, 0.4) is 0 Å². The topological polar surface area (TPSA) is 65.0 Å². The van der Waals surface area contributed by atoms with E-state index in [9.17, 15) is 9.90 Å². The Bertz CT molecular complexity index is 1350. The Morgan fingerprint density at radius 2 is 1.51 bits per heavy atom. The summed E-state index contributed by atoms with van der Waals surface area (Å²) in [5.74, 6) is 3.36. The highest BCUT2D eigenvalue weighted by Crippen LogP contribution is 2.69. The lowest BCUT2D eigenvalue weighted by Gasteiger charge is -2.63. The van der Waals surface area contributed by atoms with Crippen molar-refractivity contribution in [2.45, 2.75) is 123 Å². The van der Waals surface area contributed by atoms with E-state index in [2.05, 4.69) is 102 Å². The molecule has 270 valence electrons. The number of rotatable bonds is 11. The maximum atomic E-state index is 12.0. The monoisotopic (exact) mass is 688 g/mol. The second-order valence-electron chi connectivity index (χ2n) is 17.9. The van der Waals surface area contributed by atoms with Crippen molar-refractivity contribution in [3.8, 4) is 0 Å². The summed E-state index contributed by atoms with van der Waals surface area (Å²) in [5, 5.41) is 12.6. The summed E-state index contributed by atoms with van der Waals surface area (Å²) in [6.07, 6.45) is 11.3. The summed E-state index contributed by atoms with van der Waals surface area (Å²) < 4.78 is 19.5. The van der Waals surface area contributed by atoms with Crippen LogP contribution in [0.15, 0.2) is 60.7 Å². The molecular formula is C43H64O5Si. The second kappa shape index (κ2) is 14.6. The van der Waals surface area contributed by atoms with E-state index in [1.54, 1.807) is 0 Å². The minimum atomic E-state index is -2.65. The van der Waals surface area contributed by atoms with Gasteiger partial charge in [0.05, 0.1) is 26.4 Å². The van der Waals surface area contributed by atoms with Crippen molar-refractivity contribution in [2.24, 2.45) is 46.3 Å². The van der Waals surface area contributed by atoms with E-state index in [1.165, 1.54) is 49.6 Å². The first kappa shape index (κ1) is 36.8. The molecule has 4 aliphatic rings. The highest BCUT2D eigenvalue weighted by molar-refractivity contribution is 6.99. The van der Waals surface area contributed by atoms with E-state index in [-0.39, 0.29) is 40.7 Å². The van der Waals surface area contributed by atoms with Crippen LogP contribution in [0.2, 0.25) is 5.04 Å². The first-order valence-electron chi connectivity index (χ1n) is 19.5. The van der Waals surface area contributed by atoms with Gasteiger partial charge in [-0.2, -0.15) is 0 Å². The number of aliphatic hydroxyl groups is 1. The summed E-state index contributed by atoms with van der Waals surface area (Å²) in [7, 11) is -1.15. The first-order valence-corrected chi connectivity index (χ1v) is 21.4. The van der Waals surface area contributed by atoms with Crippen LogP contribution < -0.4 is 10.4 Å². The number of carbonyl (C=O) groups excluding carboxylic acids is 1. The molecule has 49 heavy (non-hydrogen) atoms. The summed E-state index contributed by atoms with van der Waals surface area (Å²) in [6, 6.07) is 22.2. The smallest absolute Gasteiger partial charge is 0.305 e. The number of ether oxygens (including phenoxy) is 2. The molecule has 4 fully saturated rings. The Kier molecular flexibility index (Phi) is 10.9. The largest absolute Gasteiger partial charge is 0.469 e. The van der Waals surface area contributed by atoms with Gasteiger partial charge >= 0.3 is 5.97 Å². The van der Waals surface area contributed by atoms with Crippen molar-refractivity contribution in [1.82, 2.24) is 0 Å². The molecule has 0 heterocycles. The van der Waals surface area contributed by atoms with E-state index in [0.717, 1.165) is 25.7 Å². The van der Waals surface area contributed by atoms with Crippen molar-refractivity contribution < 1.29 is 23.8 Å². The van der Waals surface area contributed by atoms with Gasteiger partial charge in [-0.1, -0.05) is 102 Å². The van der Waals surface area contributed by atoms with Gasteiger partial charge in [0.1, 0.15) is 0 Å². The van der Waals surface area contributed by atoms with E-state index < -0.39 is 8.32 Å². The molecule has 0 radical (unpaired) electrons. The molecule has 0 saturated heterocycles. The number of benzene rings is 2. The number of aliphatic hydroxyl groups excluding tert-OH is 1. The van der Waals surface area contributed by atoms with Gasteiger partial charge in [0, 0.05) is 12.5 Å². The van der Waals surface area contributed by atoms with Crippen LogP contribution in [0, 0.1) is 46.3 Å². The Morgan fingerprint density at radius 1 is 0.898 bits per heavy atom. The van der Waals surface area contributed by atoms with Crippen LogP contribution in [-0.4, -0.2) is 51.9 Å². The maximum Gasteiger partial charge on any atom is 0.305 e. The van der Waals surface area contributed by atoms with Crippen LogP contribution >= 0.6 is 0 Å². The molecule has 10 atom stereocenters. The minimum Gasteiger partial charge on any atom is -0.469 e. The lowest BCUT2D eigenvalue weighted by molar-refractivity contribution is -0.189. The van der Waals surface area contributed by atoms with Crippen molar-refractivity contribution in [3.05, 3.63) is 60.7 Å². The molecule has 2 aromatic rings. The molecule has 0 aliphatic heterocycles. The molecule has 4 aliphatic carbocycles.